The van der Waals surface area contributed by atoms with Crippen molar-refractivity contribution in [1.29, 1.82) is 0 Å². The van der Waals surface area contributed by atoms with Gasteiger partial charge in [0.15, 0.2) is 0 Å². The number of likely N-dealkylation sites (tertiary alicyclic amines) is 2. The molecule has 0 spiro atoms. The highest BCUT2D eigenvalue weighted by Crippen LogP contribution is 2.17. The molecule has 0 bridgehead atoms. The van der Waals surface area contributed by atoms with E-state index >= 15 is 0 Å². The molecule has 1 atom stereocenters. The minimum absolute atomic E-state index is 0.0528. The van der Waals surface area contributed by atoms with Gasteiger partial charge < -0.3 is 10.0 Å². The van der Waals surface area contributed by atoms with Crippen molar-refractivity contribution in [3.8, 4) is 0 Å². The van der Waals surface area contributed by atoms with Gasteiger partial charge in [0.05, 0.1) is 6.10 Å². The third-order valence-electron chi connectivity index (χ3n) is 4.46. The van der Waals surface area contributed by atoms with Crippen LogP contribution in [-0.2, 0) is 6.54 Å². The molecule has 114 valence electrons. The van der Waals surface area contributed by atoms with Gasteiger partial charge in [-0.15, -0.1) is 0 Å². The topological polar surface area (TPSA) is 43.8 Å². The van der Waals surface area contributed by atoms with Gasteiger partial charge in [-0.2, -0.15) is 0 Å². The van der Waals surface area contributed by atoms with Crippen molar-refractivity contribution in [3.05, 3.63) is 35.4 Å². The van der Waals surface area contributed by atoms with Crippen molar-refractivity contribution in [2.45, 2.75) is 38.3 Å². The van der Waals surface area contributed by atoms with Crippen LogP contribution in [0.2, 0.25) is 0 Å². The van der Waals surface area contributed by atoms with Gasteiger partial charge in [0, 0.05) is 25.2 Å². The number of amides is 1. The van der Waals surface area contributed by atoms with Crippen molar-refractivity contribution in [1.82, 2.24) is 9.80 Å². The molecule has 0 radical (unpaired) electrons. The van der Waals surface area contributed by atoms with E-state index in [4.69, 9.17) is 0 Å². The van der Waals surface area contributed by atoms with Crippen molar-refractivity contribution in [2.24, 2.45) is 0 Å². The van der Waals surface area contributed by atoms with Gasteiger partial charge in [-0.3, -0.25) is 9.69 Å². The minimum Gasteiger partial charge on any atom is -0.391 e. The van der Waals surface area contributed by atoms with E-state index < -0.39 is 0 Å². The molecule has 0 aromatic heterocycles. The summed E-state index contributed by atoms with van der Waals surface area (Å²) < 4.78 is 0. The highest BCUT2D eigenvalue weighted by molar-refractivity contribution is 5.94. The number of rotatable bonds is 3. The Morgan fingerprint density at radius 3 is 2.76 bits per heavy atom. The zero-order valence-corrected chi connectivity index (χ0v) is 12.5. The van der Waals surface area contributed by atoms with E-state index in [1.54, 1.807) is 4.90 Å². The van der Waals surface area contributed by atoms with E-state index in [9.17, 15) is 9.90 Å². The van der Waals surface area contributed by atoms with Gasteiger partial charge in [0.1, 0.15) is 0 Å². The summed E-state index contributed by atoms with van der Waals surface area (Å²) in [7, 11) is 0. The molecule has 2 aliphatic heterocycles. The number of piperidine rings is 1. The largest absolute Gasteiger partial charge is 0.391 e. The van der Waals surface area contributed by atoms with E-state index in [0.717, 1.165) is 44.6 Å². The van der Waals surface area contributed by atoms with E-state index in [2.05, 4.69) is 11.0 Å². The van der Waals surface area contributed by atoms with Crippen LogP contribution < -0.4 is 0 Å². The first-order valence-corrected chi connectivity index (χ1v) is 8.01. The minimum atomic E-state index is -0.365. The van der Waals surface area contributed by atoms with Crippen molar-refractivity contribution >= 4 is 5.91 Å². The molecular formula is C17H24N2O2. The smallest absolute Gasteiger partial charge is 0.253 e. The quantitative estimate of drug-likeness (QED) is 0.923. The summed E-state index contributed by atoms with van der Waals surface area (Å²) >= 11 is 0. The van der Waals surface area contributed by atoms with Crippen LogP contribution in [0.4, 0.5) is 0 Å². The Kier molecular flexibility index (Phi) is 4.56. The van der Waals surface area contributed by atoms with E-state index in [1.165, 1.54) is 18.4 Å². The molecule has 2 fully saturated rings. The second-order valence-electron chi connectivity index (χ2n) is 6.23. The number of carbonyl (C=O) groups is 1. The summed E-state index contributed by atoms with van der Waals surface area (Å²) in [5, 5.41) is 9.72. The highest BCUT2D eigenvalue weighted by Gasteiger charge is 2.23. The summed E-state index contributed by atoms with van der Waals surface area (Å²) in [6.07, 6.45) is 3.89. The van der Waals surface area contributed by atoms with E-state index in [1.807, 2.05) is 18.2 Å². The summed E-state index contributed by atoms with van der Waals surface area (Å²) in [6.45, 7) is 4.48. The molecule has 21 heavy (non-hydrogen) atoms. The second-order valence-corrected chi connectivity index (χ2v) is 6.23. The summed E-state index contributed by atoms with van der Waals surface area (Å²) in [6, 6.07) is 7.97. The van der Waals surface area contributed by atoms with Crippen molar-refractivity contribution in [2.75, 3.05) is 26.2 Å². The SMILES string of the molecule is O=C(c1cccc(CN2CCCC2)c1)N1CCCC(O)C1. The Morgan fingerprint density at radius 1 is 1.19 bits per heavy atom. The maximum atomic E-state index is 12.5. The average Bonchev–Trinajstić information content (AvgIpc) is 3.00. The number of benzene rings is 1. The summed E-state index contributed by atoms with van der Waals surface area (Å²) in [5.41, 5.74) is 1.96. The molecule has 4 heteroatoms. The first-order valence-electron chi connectivity index (χ1n) is 8.01. The monoisotopic (exact) mass is 288 g/mol. The lowest BCUT2D eigenvalue weighted by Crippen LogP contribution is -2.42. The number of nitrogens with zero attached hydrogens (tertiary/aromatic N) is 2. The molecule has 1 unspecified atom stereocenters. The number of hydrogen-bond donors (Lipinski definition) is 1. The molecular weight excluding hydrogens is 264 g/mol. The normalized spacial score (nSPS) is 23.5. The first-order chi connectivity index (χ1) is 10.2. The summed E-state index contributed by atoms with van der Waals surface area (Å²) in [5.74, 6) is 0.0528. The fourth-order valence-electron chi connectivity index (χ4n) is 3.32. The Hall–Kier alpha value is -1.39. The van der Waals surface area contributed by atoms with Gasteiger partial charge in [0.25, 0.3) is 5.91 Å². The molecule has 1 aromatic rings. The molecule has 0 aliphatic carbocycles. The third kappa shape index (κ3) is 3.63. The Labute approximate surface area is 126 Å². The molecule has 4 nitrogen and oxygen atoms in total. The van der Waals surface area contributed by atoms with Gasteiger partial charge in [-0.25, -0.2) is 0 Å². The maximum absolute atomic E-state index is 12.5. The van der Waals surface area contributed by atoms with Gasteiger partial charge in [-0.05, 0) is 56.5 Å². The average molecular weight is 288 g/mol. The summed E-state index contributed by atoms with van der Waals surface area (Å²) in [4.78, 5) is 16.8. The predicted molar refractivity (Wildman–Crippen MR) is 82.1 cm³/mol. The fourth-order valence-corrected chi connectivity index (χ4v) is 3.32. The molecule has 1 aromatic carbocycles. The lowest BCUT2D eigenvalue weighted by atomic mass is 10.1. The number of hydrogen-bond acceptors (Lipinski definition) is 3. The standard InChI is InChI=1S/C17H24N2O2/c20-16-7-4-10-19(13-16)17(21)15-6-3-5-14(11-15)12-18-8-1-2-9-18/h3,5-6,11,16,20H,1-2,4,7-10,12-13H2. The van der Waals surface area contributed by atoms with Crippen LogP contribution >= 0.6 is 0 Å². The van der Waals surface area contributed by atoms with E-state index in [0.29, 0.717) is 6.54 Å². The van der Waals surface area contributed by atoms with Gasteiger partial charge in [-0.1, -0.05) is 12.1 Å². The van der Waals surface area contributed by atoms with Crippen LogP contribution in [-0.4, -0.2) is 53.1 Å². The fraction of sp³-hybridized carbons (Fsp3) is 0.588. The zero-order valence-electron chi connectivity index (χ0n) is 12.5. The number of β-amino-alcohol motifs (C(OH)–C–C–N with tert-alkyl or cyclic N) is 1. The van der Waals surface area contributed by atoms with Crippen LogP contribution in [0, 0.1) is 0 Å². The van der Waals surface area contributed by atoms with Crippen LogP contribution in [0.5, 0.6) is 0 Å². The molecule has 2 saturated heterocycles. The Morgan fingerprint density at radius 2 is 2.00 bits per heavy atom. The number of aliphatic hydroxyl groups is 1. The number of carbonyl (C=O) groups excluding carboxylic acids is 1. The third-order valence-corrected chi connectivity index (χ3v) is 4.46. The first kappa shape index (κ1) is 14.5. The molecule has 2 aliphatic rings. The molecule has 1 amide bonds. The molecule has 2 heterocycles. The lowest BCUT2D eigenvalue weighted by Gasteiger charge is -2.30. The number of aliphatic hydroxyl groups excluding tert-OH is 1. The van der Waals surface area contributed by atoms with Crippen molar-refractivity contribution < 1.29 is 9.90 Å². The van der Waals surface area contributed by atoms with E-state index in [-0.39, 0.29) is 12.0 Å². The van der Waals surface area contributed by atoms with Crippen LogP contribution in [0.1, 0.15) is 41.6 Å². The van der Waals surface area contributed by atoms with Crippen LogP contribution in [0.25, 0.3) is 0 Å². The molecule has 1 N–H and O–H groups in total. The predicted octanol–water partition coefficient (Wildman–Crippen LogP) is 1.88. The van der Waals surface area contributed by atoms with Gasteiger partial charge >= 0.3 is 0 Å². The maximum Gasteiger partial charge on any atom is 0.253 e. The zero-order chi connectivity index (χ0) is 14.7. The lowest BCUT2D eigenvalue weighted by molar-refractivity contribution is 0.0473. The van der Waals surface area contributed by atoms with Gasteiger partial charge in [0.2, 0.25) is 0 Å². The van der Waals surface area contributed by atoms with Crippen molar-refractivity contribution in [3.63, 3.8) is 0 Å². The molecule has 3 rings (SSSR count). The Balaban J connectivity index is 1.68. The van der Waals surface area contributed by atoms with Crippen LogP contribution in [0.15, 0.2) is 24.3 Å². The Bertz CT molecular complexity index is 497. The molecule has 0 saturated carbocycles. The second kappa shape index (κ2) is 6.58. The van der Waals surface area contributed by atoms with Crippen LogP contribution in [0.3, 0.4) is 0 Å². The highest BCUT2D eigenvalue weighted by atomic mass is 16.3.